The molecule has 0 spiro atoms. The van der Waals surface area contributed by atoms with Crippen LogP contribution < -0.4 is 14.8 Å². The molecule has 1 fully saturated rings. The van der Waals surface area contributed by atoms with Gasteiger partial charge in [-0.05, 0) is 31.4 Å². The Morgan fingerprint density at radius 3 is 3.08 bits per heavy atom. The van der Waals surface area contributed by atoms with Crippen molar-refractivity contribution in [2.24, 2.45) is 0 Å². The van der Waals surface area contributed by atoms with E-state index < -0.39 is 0 Å². The third kappa shape index (κ3) is 3.14. The van der Waals surface area contributed by atoms with E-state index in [1.165, 1.54) is 0 Å². The normalized spacial score (nSPS) is 18.6. The molecule has 1 aromatic heterocycles. The van der Waals surface area contributed by atoms with Crippen LogP contribution in [0.1, 0.15) is 43.7 Å². The number of carbonyl (C=O) groups excluding carboxylic acids is 1. The quantitative estimate of drug-likeness (QED) is 0.915. The molecule has 2 amide bonds. The van der Waals surface area contributed by atoms with Crippen LogP contribution in [-0.4, -0.2) is 29.4 Å². The van der Waals surface area contributed by atoms with Gasteiger partial charge in [0.05, 0.1) is 6.04 Å². The molecule has 0 radical (unpaired) electrons. The van der Waals surface area contributed by atoms with Gasteiger partial charge in [0.2, 0.25) is 6.79 Å². The van der Waals surface area contributed by atoms with Crippen molar-refractivity contribution in [3.63, 3.8) is 0 Å². The highest BCUT2D eigenvalue weighted by Gasteiger charge is 2.32. The second-order valence-corrected chi connectivity index (χ2v) is 6.32. The number of amides is 2. The Labute approximate surface area is 145 Å². The standard InChI is InChI=1S/C18H21N3O4/c1-2-4-13-10-14(20-25-13)15-5-3-8-21(15)18(22)19-12-6-7-16-17(9-12)24-11-23-16/h6-7,9-10,15H,2-5,8,11H2,1H3,(H,19,22)/t15-/m1/s1. The third-order valence-corrected chi connectivity index (χ3v) is 4.55. The first-order valence-corrected chi connectivity index (χ1v) is 8.67. The van der Waals surface area contributed by atoms with Crippen LogP contribution in [0.25, 0.3) is 0 Å². The van der Waals surface area contributed by atoms with Crippen molar-refractivity contribution in [1.82, 2.24) is 10.1 Å². The molecule has 2 aliphatic heterocycles. The highest BCUT2D eigenvalue weighted by molar-refractivity contribution is 5.90. The smallest absolute Gasteiger partial charge is 0.322 e. The molecule has 3 heterocycles. The molecule has 2 aromatic rings. The van der Waals surface area contributed by atoms with E-state index in [1.54, 1.807) is 12.1 Å². The number of ether oxygens (including phenoxy) is 2. The predicted molar refractivity (Wildman–Crippen MR) is 90.8 cm³/mol. The van der Waals surface area contributed by atoms with Crippen molar-refractivity contribution in [3.8, 4) is 11.5 Å². The Hall–Kier alpha value is -2.70. The number of likely N-dealkylation sites (tertiary alicyclic amines) is 1. The van der Waals surface area contributed by atoms with Gasteiger partial charge in [0, 0.05) is 30.8 Å². The van der Waals surface area contributed by atoms with E-state index in [4.69, 9.17) is 14.0 Å². The zero-order chi connectivity index (χ0) is 17.2. The van der Waals surface area contributed by atoms with Crippen molar-refractivity contribution in [2.45, 2.75) is 38.6 Å². The summed E-state index contributed by atoms with van der Waals surface area (Å²) >= 11 is 0. The first kappa shape index (κ1) is 15.8. The molecule has 2 aliphatic rings. The summed E-state index contributed by atoms with van der Waals surface area (Å²) < 4.78 is 16.0. The molecule has 4 rings (SSSR count). The molecule has 25 heavy (non-hydrogen) atoms. The Balaban J connectivity index is 1.46. The molecule has 1 aromatic carbocycles. The highest BCUT2D eigenvalue weighted by atomic mass is 16.7. The van der Waals surface area contributed by atoms with Gasteiger partial charge in [0.25, 0.3) is 0 Å². The first-order chi connectivity index (χ1) is 12.2. The number of nitrogens with one attached hydrogen (secondary N) is 1. The van der Waals surface area contributed by atoms with Crippen molar-refractivity contribution < 1.29 is 18.8 Å². The van der Waals surface area contributed by atoms with E-state index in [0.717, 1.165) is 37.1 Å². The molecule has 1 N–H and O–H groups in total. The largest absolute Gasteiger partial charge is 0.454 e. The fraction of sp³-hybridized carbons (Fsp3) is 0.444. The molecule has 1 atom stereocenters. The van der Waals surface area contributed by atoms with Crippen LogP contribution in [0.3, 0.4) is 0 Å². The topological polar surface area (TPSA) is 76.8 Å². The van der Waals surface area contributed by atoms with E-state index in [0.29, 0.717) is 23.7 Å². The van der Waals surface area contributed by atoms with Crippen LogP contribution in [0.2, 0.25) is 0 Å². The second kappa shape index (κ2) is 6.66. The number of rotatable bonds is 4. The lowest BCUT2D eigenvalue weighted by atomic mass is 10.1. The number of hydrogen-bond donors (Lipinski definition) is 1. The van der Waals surface area contributed by atoms with Crippen LogP contribution in [0.5, 0.6) is 11.5 Å². The average molecular weight is 343 g/mol. The lowest BCUT2D eigenvalue weighted by Crippen LogP contribution is -2.34. The van der Waals surface area contributed by atoms with Gasteiger partial charge >= 0.3 is 6.03 Å². The number of hydrogen-bond acceptors (Lipinski definition) is 5. The SMILES string of the molecule is CCCc1cc([C@H]2CCCN2C(=O)Nc2ccc3c(c2)OCO3)no1. The van der Waals surface area contributed by atoms with E-state index in [2.05, 4.69) is 17.4 Å². The summed E-state index contributed by atoms with van der Waals surface area (Å²) in [4.78, 5) is 14.5. The van der Waals surface area contributed by atoms with Crippen LogP contribution in [0, 0.1) is 0 Å². The summed E-state index contributed by atoms with van der Waals surface area (Å²) in [6.45, 7) is 3.02. The second-order valence-electron chi connectivity index (χ2n) is 6.32. The minimum absolute atomic E-state index is 0.0385. The third-order valence-electron chi connectivity index (χ3n) is 4.55. The summed E-state index contributed by atoms with van der Waals surface area (Å²) in [5.74, 6) is 2.22. The molecule has 7 nitrogen and oxygen atoms in total. The minimum Gasteiger partial charge on any atom is -0.454 e. The number of urea groups is 1. The molecule has 0 unspecified atom stereocenters. The molecule has 0 aliphatic carbocycles. The number of benzene rings is 1. The highest BCUT2D eigenvalue weighted by Crippen LogP contribution is 2.35. The first-order valence-electron chi connectivity index (χ1n) is 8.67. The number of fused-ring (bicyclic) bond motifs is 1. The van der Waals surface area contributed by atoms with E-state index in [-0.39, 0.29) is 18.9 Å². The van der Waals surface area contributed by atoms with Gasteiger partial charge in [0.15, 0.2) is 11.5 Å². The van der Waals surface area contributed by atoms with Gasteiger partial charge in [0.1, 0.15) is 11.5 Å². The Bertz CT molecular complexity index is 773. The molecule has 1 saturated heterocycles. The summed E-state index contributed by atoms with van der Waals surface area (Å²) in [6.07, 6.45) is 3.72. The predicted octanol–water partition coefficient (Wildman–Crippen LogP) is 3.72. The lowest BCUT2D eigenvalue weighted by Gasteiger charge is -2.23. The van der Waals surface area contributed by atoms with Gasteiger partial charge in [-0.1, -0.05) is 12.1 Å². The molecule has 0 bridgehead atoms. The van der Waals surface area contributed by atoms with Gasteiger partial charge in [-0.2, -0.15) is 0 Å². The van der Waals surface area contributed by atoms with Crippen LogP contribution >= 0.6 is 0 Å². The molecular formula is C18H21N3O4. The van der Waals surface area contributed by atoms with Crippen LogP contribution in [0.15, 0.2) is 28.8 Å². The van der Waals surface area contributed by atoms with Crippen molar-refractivity contribution >= 4 is 11.7 Å². The number of anilines is 1. The molecule has 0 saturated carbocycles. The zero-order valence-corrected chi connectivity index (χ0v) is 14.2. The van der Waals surface area contributed by atoms with Crippen molar-refractivity contribution in [1.29, 1.82) is 0 Å². The van der Waals surface area contributed by atoms with Crippen molar-refractivity contribution in [2.75, 3.05) is 18.7 Å². The van der Waals surface area contributed by atoms with Gasteiger partial charge < -0.3 is 24.2 Å². The maximum Gasteiger partial charge on any atom is 0.322 e. The number of nitrogens with zero attached hydrogens (tertiary/aromatic N) is 2. The van der Waals surface area contributed by atoms with Crippen LogP contribution in [0.4, 0.5) is 10.5 Å². The minimum atomic E-state index is -0.138. The van der Waals surface area contributed by atoms with E-state index in [9.17, 15) is 4.79 Å². The maximum atomic E-state index is 12.7. The number of aryl methyl sites for hydroxylation is 1. The lowest BCUT2D eigenvalue weighted by molar-refractivity contribution is 0.174. The fourth-order valence-corrected chi connectivity index (χ4v) is 3.34. The average Bonchev–Trinajstić information content (AvgIpc) is 3.34. The van der Waals surface area contributed by atoms with Gasteiger partial charge in [-0.3, -0.25) is 0 Å². The van der Waals surface area contributed by atoms with Gasteiger partial charge in [-0.25, -0.2) is 4.79 Å². The van der Waals surface area contributed by atoms with Crippen molar-refractivity contribution in [3.05, 3.63) is 35.7 Å². The summed E-state index contributed by atoms with van der Waals surface area (Å²) in [6, 6.07) is 7.19. The monoisotopic (exact) mass is 343 g/mol. The zero-order valence-electron chi connectivity index (χ0n) is 14.2. The molecule has 7 heteroatoms. The number of carbonyl (C=O) groups is 1. The summed E-state index contributed by atoms with van der Waals surface area (Å²) in [5, 5.41) is 7.11. The Morgan fingerprint density at radius 2 is 2.20 bits per heavy atom. The fourth-order valence-electron chi connectivity index (χ4n) is 3.34. The van der Waals surface area contributed by atoms with Gasteiger partial charge in [-0.15, -0.1) is 0 Å². The number of aromatic nitrogens is 1. The molecule has 132 valence electrons. The Morgan fingerprint density at radius 1 is 1.32 bits per heavy atom. The van der Waals surface area contributed by atoms with E-state index >= 15 is 0 Å². The Kier molecular flexibility index (Phi) is 4.21. The molecular weight excluding hydrogens is 322 g/mol. The van der Waals surface area contributed by atoms with E-state index in [1.807, 2.05) is 17.0 Å². The maximum absolute atomic E-state index is 12.7. The summed E-state index contributed by atoms with van der Waals surface area (Å²) in [5.41, 5.74) is 1.52. The summed E-state index contributed by atoms with van der Waals surface area (Å²) in [7, 11) is 0. The van der Waals surface area contributed by atoms with Crippen LogP contribution in [-0.2, 0) is 6.42 Å².